The van der Waals surface area contributed by atoms with Crippen molar-refractivity contribution in [1.82, 2.24) is 24.7 Å². The SMILES string of the molecule is CCC1(C)CCN(c2cnc3c(Nc4ccnc(Cl)c4Cl)nn(Cc4ccc(OC)cc4)c3n2)CC1. The Bertz CT molecular complexity index is 1360. The largest absolute Gasteiger partial charge is 0.497 e. The van der Waals surface area contributed by atoms with Crippen molar-refractivity contribution in [2.24, 2.45) is 5.41 Å². The van der Waals surface area contributed by atoms with E-state index >= 15 is 0 Å². The number of fused-ring (bicyclic) bond motifs is 1. The van der Waals surface area contributed by atoms with E-state index in [1.807, 2.05) is 35.1 Å². The first kappa shape index (κ1) is 24.6. The summed E-state index contributed by atoms with van der Waals surface area (Å²) in [6.45, 7) is 7.10. The molecule has 0 saturated carbocycles. The highest BCUT2D eigenvalue weighted by atomic mass is 35.5. The average Bonchev–Trinajstić information content (AvgIpc) is 3.23. The van der Waals surface area contributed by atoms with Gasteiger partial charge in [0.05, 0.1) is 25.5 Å². The maximum Gasteiger partial charge on any atom is 0.181 e. The summed E-state index contributed by atoms with van der Waals surface area (Å²) in [6.07, 6.45) is 6.90. The number of hydrogen-bond acceptors (Lipinski definition) is 7. The minimum atomic E-state index is 0.223. The number of ether oxygens (including phenoxy) is 1. The summed E-state index contributed by atoms with van der Waals surface area (Å²) >= 11 is 12.5. The van der Waals surface area contributed by atoms with Gasteiger partial charge in [-0.05, 0) is 42.0 Å². The van der Waals surface area contributed by atoms with E-state index < -0.39 is 0 Å². The van der Waals surface area contributed by atoms with E-state index in [2.05, 4.69) is 29.0 Å². The summed E-state index contributed by atoms with van der Waals surface area (Å²) in [5, 5.41) is 8.65. The second-order valence-corrected chi connectivity index (χ2v) is 10.2. The molecule has 4 aromatic rings. The molecule has 3 aromatic heterocycles. The molecule has 0 spiro atoms. The molecule has 0 atom stereocenters. The van der Waals surface area contributed by atoms with Crippen molar-refractivity contribution in [1.29, 1.82) is 0 Å². The molecule has 36 heavy (non-hydrogen) atoms. The molecule has 5 rings (SSSR count). The van der Waals surface area contributed by atoms with Gasteiger partial charge in [0.25, 0.3) is 0 Å². The first-order valence-corrected chi connectivity index (χ1v) is 12.8. The van der Waals surface area contributed by atoms with Crippen LogP contribution in [-0.4, -0.2) is 44.9 Å². The number of anilines is 3. The lowest BCUT2D eigenvalue weighted by molar-refractivity contribution is 0.238. The van der Waals surface area contributed by atoms with Gasteiger partial charge in [-0.25, -0.2) is 19.6 Å². The first-order chi connectivity index (χ1) is 17.4. The molecule has 0 unspecified atom stereocenters. The van der Waals surface area contributed by atoms with Crippen molar-refractivity contribution < 1.29 is 4.74 Å². The second kappa shape index (κ2) is 10.1. The molecule has 1 fully saturated rings. The zero-order valence-corrected chi connectivity index (χ0v) is 22.1. The molecule has 10 heteroatoms. The molecule has 1 N–H and O–H groups in total. The van der Waals surface area contributed by atoms with Crippen LogP contribution in [0.4, 0.5) is 17.3 Å². The Hall–Kier alpha value is -3.10. The average molecular weight is 526 g/mol. The highest BCUT2D eigenvalue weighted by Crippen LogP contribution is 2.36. The van der Waals surface area contributed by atoms with E-state index in [1.54, 1.807) is 19.4 Å². The fraction of sp³-hybridized carbons (Fsp3) is 0.385. The van der Waals surface area contributed by atoms with Crippen molar-refractivity contribution in [2.75, 3.05) is 30.4 Å². The van der Waals surface area contributed by atoms with Crippen LogP contribution < -0.4 is 15.0 Å². The third-order valence-corrected chi connectivity index (χ3v) is 7.94. The summed E-state index contributed by atoms with van der Waals surface area (Å²) < 4.78 is 7.17. The fourth-order valence-corrected chi connectivity index (χ4v) is 4.77. The molecule has 8 nitrogen and oxygen atoms in total. The van der Waals surface area contributed by atoms with Crippen molar-refractivity contribution in [3.63, 3.8) is 0 Å². The summed E-state index contributed by atoms with van der Waals surface area (Å²) in [5.74, 6) is 2.23. The van der Waals surface area contributed by atoms with Gasteiger partial charge in [0.2, 0.25) is 0 Å². The molecular weight excluding hydrogens is 497 g/mol. The maximum absolute atomic E-state index is 6.38. The summed E-state index contributed by atoms with van der Waals surface area (Å²) in [7, 11) is 1.66. The molecular formula is C26H29Cl2N7O. The van der Waals surface area contributed by atoms with Crippen LogP contribution in [0.1, 0.15) is 38.7 Å². The molecule has 188 valence electrons. The lowest BCUT2D eigenvalue weighted by atomic mass is 9.78. The molecule has 4 heterocycles. The van der Waals surface area contributed by atoms with Gasteiger partial charge in [0.15, 0.2) is 17.0 Å². The number of aromatic nitrogens is 5. The predicted molar refractivity (Wildman–Crippen MR) is 145 cm³/mol. The maximum atomic E-state index is 6.38. The molecule has 0 radical (unpaired) electrons. The minimum Gasteiger partial charge on any atom is -0.497 e. The third kappa shape index (κ3) is 4.92. The molecule has 1 saturated heterocycles. The van der Waals surface area contributed by atoms with Crippen LogP contribution in [0.5, 0.6) is 5.75 Å². The molecule has 0 amide bonds. The van der Waals surface area contributed by atoms with Gasteiger partial charge in [-0.2, -0.15) is 5.10 Å². The Kier molecular flexibility index (Phi) is 6.90. The Morgan fingerprint density at radius 1 is 1.08 bits per heavy atom. The second-order valence-electron chi connectivity index (χ2n) is 9.49. The third-order valence-electron chi connectivity index (χ3n) is 7.17. The monoisotopic (exact) mass is 525 g/mol. The minimum absolute atomic E-state index is 0.223. The number of halogens is 2. The predicted octanol–water partition coefficient (Wildman–Crippen LogP) is 6.35. The van der Waals surface area contributed by atoms with E-state index in [9.17, 15) is 0 Å². The van der Waals surface area contributed by atoms with Crippen LogP contribution in [0.15, 0.2) is 42.7 Å². The van der Waals surface area contributed by atoms with Crippen molar-refractivity contribution >= 4 is 51.7 Å². The van der Waals surface area contributed by atoms with Gasteiger partial charge in [-0.1, -0.05) is 55.6 Å². The standard InChI is InChI=1S/C26H29Cl2N7O/c1-4-26(2)10-13-34(14-11-26)20-15-30-22-24(31-19-9-12-29-23(28)21(19)27)33-35(25(22)32-20)16-17-5-7-18(36-3)8-6-17/h5-9,12,15H,4,10-11,13-14,16H2,1-3H3,(H,29,31,33). The zero-order chi connectivity index (χ0) is 25.3. The number of hydrogen-bond donors (Lipinski definition) is 1. The quantitative estimate of drug-likeness (QED) is 0.281. The lowest BCUT2D eigenvalue weighted by Crippen LogP contribution is -2.38. The Morgan fingerprint density at radius 2 is 1.83 bits per heavy atom. The fourth-order valence-electron chi connectivity index (χ4n) is 4.45. The van der Waals surface area contributed by atoms with Crippen molar-refractivity contribution in [3.8, 4) is 5.75 Å². The Labute approximate surface area is 220 Å². The Balaban J connectivity index is 1.51. The van der Waals surface area contributed by atoms with E-state index in [1.165, 1.54) is 6.42 Å². The smallest absolute Gasteiger partial charge is 0.181 e. The van der Waals surface area contributed by atoms with E-state index in [0.717, 1.165) is 43.1 Å². The number of benzene rings is 1. The molecule has 0 aliphatic carbocycles. The van der Waals surface area contributed by atoms with Gasteiger partial charge >= 0.3 is 0 Å². The zero-order valence-electron chi connectivity index (χ0n) is 20.6. The lowest BCUT2D eigenvalue weighted by Gasteiger charge is -2.39. The van der Waals surface area contributed by atoms with E-state index in [4.69, 9.17) is 43.0 Å². The first-order valence-electron chi connectivity index (χ1n) is 12.1. The number of methoxy groups -OCH3 is 1. The summed E-state index contributed by atoms with van der Waals surface area (Å²) in [5.41, 5.74) is 3.43. The van der Waals surface area contributed by atoms with E-state index in [0.29, 0.717) is 39.7 Å². The van der Waals surface area contributed by atoms with Crippen molar-refractivity contribution in [3.05, 3.63) is 58.5 Å². The number of pyridine rings is 1. The van der Waals surface area contributed by atoms with Gasteiger partial charge in [0, 0.05) is 19.3 Å². The summed E-state index contributed by atoms with van der Waals surface area (Å²) in [4.78, 5) is 16.2. The molecule has 1 aliphatic rings. The van der Waals surface area contributed by atoms with Gasteiger partial charge in [0.1, 0.15) is 21.7 Å². The van der Waals surface area contributed by atoms with Crippen molar-refractivity contribution in [2.45, 2.75) is 39.7 Å². The van der Waals surface area contributed by atoms with Gasteiger partial charge in [-0.15, -0.1) is 0 Å². The van der Waals surface area contributed by atoms with Crippen LogP contribution in [0.3, 0.4) is 0 Å². The molecule has 0 bridgehead atoms. The number of nitrogens with zero attached hydrogens (tertiary/aromatic N) is 6. The Morgan fingerprint density at radius 3 is 2.53 bits per heavy atom. The van der Waals surface area contributed by atoms with E-state index in [-0.39, 0.29) is 5.15 Å². The summed E-state index contributed by atoms with van der Waals surface area (Å²) in [6, 6.07) is 9.67. The highest BCUT2D eigenvalue weighted by molar-refractivity contribution is 6.43. The number of nitrogens with one attached hydrogen (secondary N) is 1. The van der Waals surface area contributed by atoms with Crippen LogP contribution in [-0.2, 0) is 6.54 Å². The molecule has 1 aromatic carbocycles. The van der Waals surface area contributed by atoms with Gasteiger partial charge in [-0.3, -0.25) is 0 Å². The molecule has 1 aliphatic heterocycles. The number of piperidine rings is 1. The topological polar surface area (TPSA) is 81.0 Å². The van der Waals surface area contributed by atoms with Crippen LogP contribution in [0.25, 0.3) is 11.2 Å². The van der Waals surface area contributed by atoms with Crippen LogP contribution in [0.2, 0.25) is 10.2 Å². The highest BCUT2D eigenvalue weighted by Gasteiger charge is 2.29. The van der Waals surface area contributed by atoms with Crippen LogP contribution in [0, 0.1) is 5.41 Å². The number of rotatable bonds is 7. The normalized spacial score (nSPS) is 15.3. The van der Waals surface area contributed by atoms with Gasteiger partial charge < -0.3 is 15.0 Å². The van der Waals surface area contributed by atoms with Crippen LogP contribution >= 0.6 is 23.2 Å².